The van der Waals surface area contributed by atoms with Gasteiger partial charge >= 0.3 is 0 Å². The van der Waals surface area contributed by atoms with E-state index in [1.54, 1.807) is 6.07 Å². The van der Waals surface area contributed by atoms with Crippen molar-refractivity contribution in [1.29, 1.82) is 0 Å². The molecule has 4 heteroatoms. The normalized spacial score (nSPS) is 10.4. The molecule has 1 aromatic rings. The summed E-state index contributed by atoms with van der Waals surface area (Å²) in [6, 6.07) is 4.45. The Hall–Kier alpha value is -0.930. The average molecular weight is 244 g/mol. The molecule has 0 fully saturated rings. The highest BCUT2D eigenvalue weighted by Gasteiger charge is 2.11. The molecule has 0 aromatic heterocycles. The molecule has 88 valence electrons. The summed E-state index contributed by atoms with van der Waals surface area (Å²) in [5, 5.41) is 3.28. The quantitative estimate of drug-likeness (QED) is 0.779. The van der Waals surface area contributed by atoms with Crippen molar-refractivity contribution in [1.82, 2.24) is 5.32 Å². The molecule has 1 aromatic carbocycles. The van der Waals surface area contributed by atoms with Crippen molar-refractivity contribution in [2.24, 2.45) is 0 Å². The highest BCUT2D eigenvalue weighted by molar-refractivity contribution is 6.31. The molecule has 0 bridgehead atoms. The maximum Gasteiger partial charge on any atom is 0.137 e. The third-order valence-corrected chi connectivity index (χ3v) is 2.67. The zero-order valence-electron chi connectivity index (χ0n) is 9.22. The first-order valence-electron chi connectivity index (χ1n) is 5.24. The minimum atomic E-state index is -0.408. The second-order valence-corrected chi connectivity index (χ2v) is 4.03. The Kier molecular flexibility index (Phi) is 5.43. The third kappa shape index (κ3) is 3.91. The molecule has 0 aliphatic carbocycles. The van der Waals surface area contributed by atoms with Crippen molar-refractivity contribution in [3.05, 3.63) is 34.6 Å². The lowest BCUT2D eigenvalue weighted by atomic mass is 10.1. The fourth-order valence-corrected chi connectivity index (χ4v) is 1.68. The largest absolute Gasteiger partial charge is 0.320 e. The van der Waals surface area contributed by atoms with Crippen LogP contribution in [0.2, 0.25) is 5.02 Å². The molecule has 2 nitrogen and oxygen atoms in total. The molecule has 0 saturated carbocycles. The van der Waals surface area contributed by atoms with Crippen LogP contribution in [0.15, 0.2) is 18.2 Å². The summed E-state index contributed by atoms with van der Waals surface area (Å²) in [7, 11) is 1.83. The minimum Gasteiger partial charge on any atom is -0.320 e. The summed E-state index contributed by atoms with van der Waals surface area (Å²) >= 11 is 5.83. The van der Waals surface area contributed by atoms with Crippen LogP contribution in [0.25, 0.3) is 0 Å². The van der Waals surface area contributed by atoms with E-state index in [0.29, 0.717) is 17.0 Å². The number of hydrogen-bond acceptors (Lipinski definition) is 2. The molecule has 1 N–H and O–H groups in total. The van der Waals surface area contributed by atoms with E-state index in [4.69, 9.17) is 11.6 Å². The molecule has 0 saturated heterocycles. The van der Waals surface area contributed by atoms with Gasteiger partial charge in [-0.05, 0) is 32.1 Å². The summed E-state index contributed by atoms with van der Waals surface area (Å²) in [5.74, 6) is -0.392. The predicted molar refractivity (Wildman–Crippen MR) is 63.3 cm³/mol. The first-order chi connectivity index (χ1) is 7.65. The van der Waals surface area contributed by atoms with E-state index in [1.165, 1.54) is 12.1 Å². The SMILES string of the molecule is CNCCCC(=O)Cc1c(F)cccc1Cl. The number of halogens is 2. The topological polar surface area (TPSA) is 29.1 Å². The number of ketones is 1. The maximum absolute atomic E-state index is 13.4. The van der Waals surface area contributed by atoms with Crippen LogP contribution in [-0.4, -0.2) is 19.4 Å². The number of hydrogen-bond donors (Lipinski definition) is 1. The Labute approximate surface area is 99.8 Å². The fraction of sp³-hybridized carbons (Fsp3) is 0.417. The number of benzene rings is 1. The van der Waals surface area contributed by atoms with E-state index in [1.807, 2.05) is 7.05 Å². The molecule has 0 aliphatic rings. The van der Waals surface area contributed by atoms with Crippen molar-refractivity contribution < 1.29 is 9.18 Å². The smallest absolute Gasteiger partial charge is 0.137 e. The van der Waals surface area contributed by atoms with Crippen LogP contribution in [0.3, 0.4) is 0 Å². The van der Waals surface area contributed by atoms with Gasteiger partial charge in [0.25, 0.3) is 0 Å². The molecule has 0 unspecified atom stereocenters. The van der Waals surface area contributed by atoms with Gasteiger partial charge in [-0.3, -0.25) is 4.79 Å². The van der Waals surface area contributed by atoms with Crippen LogP contribution >= 0.6 is 11.6 Å². The van der Waals surface area contributed by atoms with Crippen molar-refractivity contribution in [3.8, 4) is 0 Å². The Bertz CT molecular complexity index is 348. The van der Waals surface area contributed by atoms with Crippen molar-refractivity contribution in [2.45, 2.75) is 19.3 Å². The number of carbonyl (C=O) groups is 1. The molecule has 1 rings (SSSR count). The molecule has 0 amide bonds. The first-order valence-corrected chi connectivity index (χ1v) is 5.62. The zero-order chi connectivity index (χ0) is 12.0. The molecule has 0 atom stereocenters. The molecule has 16 heavy (non-hydrogen) atoms. The highest BCUT2D eigenvalue weighted by Crippen LogP contribution is 2.20. The monoisotopic (exact) mass is 243 g/mol. The summed E-state index contributed by atoms with van der Waals surface area (Å²) in [6.45, 7) is 0.788. The molecule has 0 heterocycles. The van der Waals surface area contributed by atoms with Gasteiger partial charge in [0.05, 0.1) is 0 Å². The standard InChI is InChI=1S/C12H15ClFNO/c1-15-7-3-4-9(16)8-10-11(13)5-2-6-12(10)14/h2,5-6,15H,3-4,7-8H2,1H3. The Morgan fingerprint density at radius 3 is 2.88 bits per heavy atom. The number of Topliss-reactive ketones (excluding diaryl/α,β-unsaturated/α-hetero) is 1. The summed E-state index contributed by atoms with van der Waals surface area (Å²) in [4.78, 5) is 11.5. The lowest BCUT2D eigenvalue weighted by molar-refractivity contribution is -0.118. The molecular weight excluding hydrogens is 229 g/mol. The van der Waals surface area contributed by atoms with E-state index in [0.717, 1.165) is 13.0 Å². The average Bonchev–Trinajstić information content (AvgIpc) is 2.24. The molecule has 0 spiro atoms. The van der Waals surface area contributed by atoms with Gasteiger partial charge in [0.2, 0.25) is 0 Å². The van der Waals surface area contributed by atoms with Gasteiger partial charge < -0.3 is 5.32 Å². The maximum atomic E-state index is 13.4. The predicted octanol–water partition coefficient (Wildman–Crippen LogP) is 2.59. The van der Waals surface area contributed by atoms with E-state index < -0.39 is 5.82 Å². The second-order valence-electron chi connectivity index (χ2n) is 3.62. The van der Waals surface area contributed by atoms with Crippen LogP contribution < -0.4 is 5.32 Å². The number of nitrogens with one attached hydrogen (secondary N) is 1. The summed E-state index contributed by atoms with van der Waals surface area (Å²) in [5.41, 5.74) is 0.304. The first kappa shape index (κ1) is 13.1. The van der Waals surface area contributed by atoms with E-state index >= 15 is 0 Å². The minimum absolute atomic E-state index is 0.0160. The van der Waals surface area contributed by atoms with Gasteiger partial charge in [0.1, 0.15) is 11.6 Å². The zero-order valence-corrected chi connectivity index (χ0v) is 9.98. The van der Waals surface area contributed by atoms with Crippen LogP contribution in [0, 0.1) is 5.82 Å². The van der Waals surface area contributed by atoms with Gasteiger partial charge in [0, 0.05) is 23.4 Å². The van der Waals surface area contributed by atoms with Crippen molar-refractivity contribution in [2.75, 3.05) is 13.6 Å². The third-order valence-electron chi connectivity index (χ3n) is 2.32. The van der Waals surface area contributed by atoms with Crippen molar-refractivity contribution in [3.63, 3.8) is 0 Å². The lowest BCUT2D eigenvalue weighted by Gasteiger charge is -2.05. The van der Waals surface area contributed by atoms with Crippen LogP contribution in [0.1, 0.15) is 18.4 Å². The fourth-order valence-electron chi connectivity index (χ4n) is 1.45. The van der Waals surface area contributed by atoms with Gasteiger partial charge in [0.15, 0.2) is 0 Å². The van der Waals surface area contributed by atoms with E-state index in [2.05, 4.69) is 5.32 Å². The van der Waals surface area contributed by atoms with Crippen LogP contribution in [-0.2, 0) is 11.2 Å². The second kappa shape index (κ2) is 6.61. The molecular formula is C12H15ClFNO. The van der Waals surface area contributed by atoms with Gasteiger partial charge in [-0.25, -0.2) is 4.39 Å². The van der Waals surface area contributed by atoms with E-state index in [9.17, 15) is 9.18 Å². The van der Waals surface area contributed by atoms with Crippen LogP contribution in [0.4, 0.5) is 4.39 Å². The Morgan fingerprint density at radius 1 is 1.50 bits per heavy atom. The van der Waals surface area contributed by atoms with Crippen LogP contribution in [0.5, 0.6) is 0 Å². The Balaban J connectivity index is 2.56. The summed E-state index contributed by atoms with van der Waals surface area (Å²) < 4.78 is 13.4. The number of rotatable bonds is 6. The molecule has 0 aliphatic heterocycles. The highest BCUT2D eigenvalue weighted by atomic mass is 35.5. The number of carbonyl (C=O) groups excluding carboxylic acids is 1. The lowest BCUT2D eigenvalue weighted by Crippen LogP contribution is -2.11. The van der Waals surface area contributed by atoms with Gasteiger partial charge in [-0.15, -0.1) is 0 Å². The molecule has 0 radical (unpaired) electrons. The van der Waals surface area contributed by atoms with E-state index in [-0.39, 0.29) is 12.2 Å². The summed E-state index contributed by atoms with van der Waals surface area (Å²) in [6.07, 6.45) is 1.29. The van der Waals surface area contributed by atoms with Gasteiger partial charge in [-0.2, -0.15) is 0 Å². The van der Waals surface area contributed by atoms with Gasteiger partial charge in [-0.1, -0.05) is 17.7 Å². The van der Waals surface area contributed by atoms with Crippen molar-refractivity contribution >= 4 is 17.4 Å². The Morgan fingerprint density at radius 2 is 2.25 bits per heavy atom.